The summed E-state index contributed by atoms with van der Waals surface area (Å²) in [5, 5.41) is 13.8. The molecule has 202 valence electrons. The van der Waals surface area contributed by atoms with E-state index in [0.717, 1.165) is 32.1 Å². The summed E-state index contributed by atoms with van der Waals surface area (Å²) < 4.78 is 58.6. The predicted molar refractivity (Wildman–Crippen MR) is 132 cm³/mol. The molecule has 0 aromatic heterocycles. The van der Waals surface area contributed by atoms with Crippen molar-refractivity contribution in [1.29, 1.82) is 5.26 Å². The molecule has 0 bridgehead atoms. The lowest BCUT2D eigenvalue weighted by atomic mass is 9.63. The van der Waals surface area contributed by atoms with Crippen LogP contribution in [0.3, 0.4) is 0 Å². The third-order valence-electron chi connectivity index (χ3n) is 7.55. The molecule has 5 nitrogen and oxygen atoms in total. The fraction of sp³-hybridized carbons (Fsp3) is 0.444. The Bertz CT molecular complexity index is 1240. The van der Waals surface area contributed by atoms with Gasteiger partial charge in [-0.15, -0.1) is 0 Å². The number of carbonyl (C=O) groups is 2. The lowest BCUT2D eigenvalue weighted by molar-refractivity contribution is -0.202. The molecule has 4 rings (SSSR count). The van der Waals surface area contributed by atoms with Gasteiger partial charge in [-0.1, -0.05) is 79.6 Å². The number of carbonyl (C=O) groups excluding carboxylic acids is 2. The average molecular weight is 571 g/mol. The van der Waals surface area contributed by atoms with Crippen molar-refractivity contribution in [3.05, 3.63) is 69.5 Å². The number of nitrogens with zero attached hydrogens (tertiary/aromatic N) is 1. The minimum atomic E-state index is -5.42. The normalized spacial score (nSPS) is 26.1. The van der Waals surface area contributed by atoms with E-state index in [-0.39, 0.29) is 16.5 Å². The monoisotopic (exact) mass is 570 g/mol. The van der Waals surface area contributed by atoms with Crippen LogP contribution in [0.25, 0.3) is 0 Å². The van der Waals surface area contributed by atoms with Crippen LogP contribution in [0, 0.1) is 23.1 Å². The second kappa shape index (κ2) is 11.2. The van der Waals surface area contributed by atoms with Gasteiger partial charge in [-0.05, 0) is 41.7 Å². The smallest absolute Gasteiger partial charge is 0.385 e. The maximum absolute atomic E-state index is 15.5. The van der Waals surface area contributed by atoms with Gasteiger partial charge in [-0.2, -0.15) is 18.4 Å². The van der Waals surface area contributed by atoms with Gasteiger partial charge in [0.25, 0.3) is 0 Å². The van der Waals surface area contributed by atoms with Gasteiger partial charge in [0.15, 0.2) is 0 Å². The highest BCUT2D eigenvalue weighted by atomic mass is 35.5. The number of hydrogen-bond acceptors (Lipinski definition) is 5. The summed E-state index contributed by atoms with van der Waals surface area (Å²) in [5.74, 6) is -6.39. The Morgan fingerprint density at radius 1 is 1.08 bits per heavy atom. The molecule has 38 heavy (non-hydrogen) atoms. The minimum Gasteiger partial charge on any atom is -0.385 e. The van der Waals surface area contributed by atoms with Gasteiger partial charge < -0.3 is 4.74 Å². The van der Waals surface area contributed by atoms with Gasteiger partial charge in [0, 0.05) is 17.0 Å². The van der Waals surface area contributed by atoms with E-state index in [4.69, 9.17) is 23.2 Å². The minimum absolute atomic E-state index is 0.158. The average Bonchev–Trinajstić information content (AvgIpc) is 3.20. The van der Waals surface area contributed by atoms with Crippen LogP contribution in [0.5, 0.6) is 0 Å². The molecule has 1 heterocycles. The van der Waals surface area contributed by atoms with Gasteiger partial charge in [0.1, 0.15) is 17.3 Å². The first kappa shape index (κ1) is 28.3. The summed E-state index contributed by atoms with van der Waals surface area (Å²) in [5.41, 5.74) is -1.41. The SMILES string of the molecule is N#C[C@]1(c2ccc(Cl)cc2)[C@H](CC2CCCCC2)N[C@H](C(=O)OC(=O)C(F)(F)F)[C@@H]1c1cccc(Cl)c1F. The van der Waals surface area contributed by atoms with E-state index >= 15 is 4.39 Å². The maximum Gasteiger partial charge on any atom is 0.491 e. The van der Waals surface area contributed by atoms with Crippen LogP contribution in [-0.2, 0) is 19.7 Å². The molecule has 1 saturated heterocycles. The maximum atomic E-state index is 15.5. The Balaban J connectivity index is 1.89. The largest absolute Gasteiger partial charge is 0.491 e. The predicted octanol–water partition coefficient (Wildman–Crippen LogP) is 6.62. The van der Waals surface area contributed by atoms with Crippen molar-refractivity contribution >= 4 is 35.1 Å². The quantitative estimate of drug-likeness (QED) is 0.248. The zero-order valence-electron chi connectivity index (χ0n) is 20.0. The van der Waals surface area contributed by atoms with Crippen LogP contribution in [-0.4, -0.2) is 30.2 Å². The zero-order chi connectivity index (χ0) is 27.7. The highest BCUT2D eigenvalue weighted by Crippen LogP contribution is 2.52. The summed E-state index contributed by atoms with van der Waals surface area (Å²) >= 11 is 12.1. The highest BCUT2D eigenvalue weighted by molar-refractivity contribution is 6.31. The van der Waals surface area contributed by atoms with E-state index in [1.165, 1.54) is 30.3 Å². The third kappa shape index (κ3) is 5.40. The Labute approximate surface area is 227 Å². The molecule has 2 aromatic rings. The van der Waals surface area contributed by atoms with E-state index in [0.29, 0.717) is 17.0 Å². The van der Waals surface area contributed by atoms with Crippen molar-refractivity contribution < 1.29 is 31.9 Å². The van der Waals surface area contributed by atoms with Gasteiger partial charge in [-0.3, -0.25) is 5.32 Å². The molecule has 0 radical (unpaired) electrons. The van der Waals surface area contributed by atoms with Crippen molar-refractivity contribution in [1.82, 2.24) is 5.32 Å². The molecule has 0 amide bonds. The number of hydrogen-bond donors (Lipinski definition) is 1. The van der Waals surface area contributed by atoms with E-state index in [2.05, 4.69) is 16.1 Å². The lowest BCUT2D eigenvalue weighted by Crippen LogP contribution is -2.43. The first-order chi connectivity index (χ1) is 18.0. The number of ether oxygens (including phenoxy) is 1. The Morgan fingerprint density at radius 2 is 1.74 bits per heavy atom. The van der Waals surface area contributed by atoms with Crippen LogP contribution in [0.2, 0.25) is 10.0 Å². The van der Waals surface area contributed by atoms with Crippen LogP contribution < -0.4 is 5.32 Å². The summed E-state index contributed by atoms with van der Waals surface area (Å²) in [6, 6.07) is 10.1. The molecule has 1 N–H and O–H groups in total. The molecule has 2 fully saturated rings. The van der Waals surface area contributed by atoms with Gasteiger partial charge in [-0.25, -0.2) is 14.0 Å². The Morgan fingerprint density at radius 3 is 2.34 bits per heavy atom. The van der Waals surface area contributed by atoms with E-state index in [1.807, 2.05) is 0 Å². The van der Waals surface area contributed by atoms with Gasteiger partial charge in [0.2, 0.25) is 0 Å². The number of esters is 2. The molecule has 11 heteroatoms. The van der Waals surface area contributed by atoms with E-state index in [9.17, 15) is 28.0 Å². The summed E-state index contributed by atoms with van der Waals surface area (Å²) in [4.78, 5) is 24.7. The van der Waals surface area contributed by atoms with Crippen molar-refractivity contribution in [3.8, 4) is 6.07 Å². The van der Waals surface area contributed by atoms with E-state index in [1.54, 1.807) is 12.1 Å². The van der Waals surface area contributed by atoms with Crippen molar-refractivity contribution in [3.63, 3.8) is 0 Å². The van der Waals surface area contributed by atoms with Crippen LogP contribution in [0.1, 0.15) is 55.6 Å². The van der Waals surface area contributed by atoms with Crippen LogP contribution >= 0.6 is 23.2 Å². The second-order valence-corrected chi connectivity index (χ2v) is 10.6. The summed E-state index contributed by atoms with van der Waals surface area (Å²) in [6.45, 7) is 0. The summed E-state index contributed by atoms with van der Waals surface area (Å²) in [7, 11) is 0. The number of alkyl halides is 3. The van der Waals surface area contributed by atoms with Crippen LogP contribution in [0.15, 0.2) is 42.5 Å². The number of nitrogens with one attached hydrogen (secondary N) is 1. The molecule has 1 saturated carbocycles. The molecule has 1 aliphatic heterocycles. The van der Waals surface area contributed by atoms with Crippen molar-refractivity contribution in [2.75, 3.05) is 0 Å². The Kier molecular flexibility index (Phi) is 8.36. The first-order valence-corrected chi connectivity index (χ1v) is 12.9. The first-order valence-electron chi connectivity index (χ1n) is 12.2. The molecule has 0 unspecified atom stereocenters. The molecule has 2 aliphatic rings. The lowest BCUT2D eigenvalue weighted by Gasteiger charge is -2.37. The van der Waals surface area contributed by atoms with Crippen molar-refractivity contribution in [2.24, 2.45) is 5.92 Å². The standard InChI is InChI=1S/C27H24Cl2F4N2O3/c28-17-11-9-16(10-12-17)26(14-34)20(13-15-5-2-1-3-6-15)35-23(24(36)38-25(37)27(31,32)33)21(26)18-7-4-8-19(29)22(18)30/h4,7-12,15,20-21,23,35H,1-3,5-6,13H2/t20-,21-,23-,26-/m0/s1. The second-order valence-electron chi connectivity index (χ2n) is 9.75. The van der Waals surface area contributed by atoms with Crippen LogP contribution in [0.4, 0.5) is 17.6 Å². The molecular formula is C27H24Cl2F4N2O3. The fourth-order valence-electron chi connectivity index (χ4n) is 5.85. The molecule has 4 atom stereocenters. The molecule has 1 aliphatic carbocycles. The van der Waals surface area contributed by atoms with E-state index < -0.39 is 47.3 Å². The van der Waals surface area contributed by atoms with Crippen molar-refractivity contribution in [2.45, 2.75) is 68.1 Å². The highest BCUT2D eigenvalue weighted by Gasteiger charge is 2.61. The number of benzene rings is 2. The zero-order valence-corrected chi connectivity index (χ0v) is 21.5. The van der Waals surface area contributed by atoms with Gasteiger partial charge in [0.05, 0.1) is 11.1 Å². The third-order valence-corrected chi connectivity index (χ3v) is 8.09. The molecule has 2 aromatic carbocycles. The number of rotatable bonds is 5. The molecular weight excluding hydrogens is 547 g/mol. The Hall–Kier alpha value is -2.67. The fourth-order valence-corrected chi connectivity index (χ4v) is 6.16. The number of nitriles is 1. The van der Waals surface area contributed by atoms with Gasteiger partial charge >= 0.3 is 18.1 Å². The summed E-state index contributed by atoms with van der Waals surface area (Å²) in [6.07, 6.45) is -0.247. The number of halogens is 6. The molecule has 0 spiro atoms. The topological polar surface area (TPSA) is 79.2 Å².